The van der Waals surface area contributed by atoms with Crippen molar-refractivity contribution in [1.29, 1.82) is 0 Å². The fourth-order valence-electron chi connectivity index (χ4n) is 1.71. The van der Waals surface area contributed by atoms with Crippen molar-refractivity contribution in [3.8, 4) is 11.5 Å². The lowest BCUT2D eigenvalue weighted by molar-refractivity contribution is 0.898. The molecule has 17 heavy (non-hydrogen) atoms. The minimum atomic E-state index is 0.278. The second kappa shape index (κ2) is 3.76. The van der Waals surface area contributed by atoms with E-state index in [0.717, 1.165) is 29.9 Å². The molecule has 0 unspecified atom stereocenters. The first-order valence-electron chi connectivity index (χ1n) is 5.67. The highest BCUT2D eigenvalue weighted by atomic mass is 15.1. The lowest BCUT2D eigenvalue weighted by Crippen LogP contribution is -2.04. The maximum atomic E-state index is 5.71. The van der Waals surface area contributed by atoms with Crippen LogP contribution in [0.25, 0.3) is 11.5 Å². The molecule has 0 aliphatic heterocycles. The van der Waals surface area contributed by atoms with Gasteiger partial charge in [-0.2, -0.15) is 9.97 Å². The van der Waals surface area contributed by atoms with Gasteiger partial charge in [-0.15, -0.1) is 0 Å². The molecule has 0 amide bonds. The lowest BCUT2D eigenvalue weighted by atomic mass is 10.2. The van der Waals surface area contributed by atoms with Crippen LogP contribution in [0.15, 0.2) is 18.3 Å². The van der Waals surface area contributed by atoms with Crippen LogP contribution in [0.5, 0.6) is 0 Å². The Bertz CT molecular complexity index is 563. The SMILES string of the molecule is Cc1ccnc(-c2nc(N)nc(C3CC3)n2)c1. The molecular weight excluding hydrogens is 214 g/mol. The number of nitrogens with zero attached hydrogens (tertiary/aromatic N) is 4. The van der Waals surface area contributed by atoms with E-state index in [2.05, 4.69) is 19.9 Å². The van der Waals surface area contributed by atoms with Gasteiger partial charge in [-0.1, -0.05) is 0 Å². The molecule has 2 heterocycles. The summed E-state index contributed by atoms with van der Waals surface area (Å²) in [5.41, 5.74) is 7.59. The topological polar surface area (TPSA) is 77.6 Å². The highest BCUT2D eigenvalue weighted by molar-refractivity contribution is 5.51. The summed E-state index contributed by atoms with van der Waals surface area (Å²) in [6.45, 7) is 2.01. The summed E-state index contributed by atoms with van der Waals surface area (Å²) >= 11 is 0. The van der Waals surface area contributed by atoms with Gasteiger partial charge in [0.15, 0.2) is 5.82 Å². The summed E-state index contributed by atoms with van der Waals surface area (Å²) in [4.78, 5) is 17.0. The van der Waals surface area contributed by atoms with Crippen LogP contribution in [0.3, 0.4) is 0 Å². The molecule has 0 bridgehead atoms. The number of aryl methyl sites for hydroxylation is 1. The summed E-state index contributed by atoms with van der Waals surface area (Å²) < 4.78 is 0. The molecule has 3 rings (SSSR count). The first-order chi connectivity index (χ1) is 8.22. The van der Waals surface area contributed by atoms with Gasteiger partial charge in [0.25, 0.3) is 0 Å². The molecular formula is C12H13N5. The third-order valence-electron chi connectivity index (χ3n) is 2.76. The zero-order chi connectivity index (χ0) is 11.8. The largest absolute Gasteiger partial charge is 0.368 e. The summed E-state index contributed by atoms with van der Waals surface area (Å²) in [6, 6.07) is 3.89. The minimum absolute atomic E-state index is 0.278. The van der Waals surface area contributed by atoms with E-state index in [1.54, 1.807) is 6.20 Å². The molecule has 1 fully saturated rings. The zero-order valence-electron chi connectivity index (χ0n) is 9.59. The number of nitrogen functional groups attached to an aromatic ring is 1. The quantitative estimate of drug-likeness (QED) is 0.844. The predicted molar refractivity (Wildman–Crippen MR) is 64.2 cm³/mol. The molecule has 0 saturated heterocycles. The average Bonchev–Trinajstić information content (AvgIpc) is 3.12. The molecule has 0 atom stereocenters. The second-order valence-corrected chi connectivity index (χ2v) is 4.37. The molecule has 0 spiro atoms. The van der Waals surface area contributed by atoms with Crippen molar-refractivity contribution in [1.82, 2.24) is 19.9 Å². The van der Waals surface area contributed by atoms with Crippen molar-refractivity contribution in [3.63, 3.8) is 0 Å². The third kappa shape index (κ3) is 2.08. The number of aromatic nitrogens is 4. The first-order valence-corrected chi connectivity index (χ1v) is 5.67. The monoisotopic (exact) mass is 227 g/mol. The molecule has 1 saturated carbocycles. The van der Waals surface area contributed by atoms with Crippen molar-refractivity contribution in [2.45, 2.75) is 25.7 Å². The Hall–Kier alpha value is -2.04. The maximum Gasteiger partial charge on any atom is 0.223 e. The highest BCUT2D eigenvalue weighted by Crippen LogP contribution is 2.38. The van der Waals surface area contributed by atoms with Gasteiger partial charge in [0, 0.05) is 12.1 Å². The van der Waals surface area contributed by atoms with Gasteiger partial charge < -0.3 is 5.73 Å². The van der Waals surface area contributed by atoms with E-state index < -0.39 is 0 Å². The Morgan fingerprint density at radius 2 is 2.06 bits per heavy atom. The maximum absolute atomic E-state index is 5.71. The van der Waals surface area contributed by atoms with E-state index in [1.165, 1.54) is 0 Å². The van der Waals surface area contributed by atoms with E-state index in [0.29, 0.717) is 11.7 Å². The molecule has 5 heteroatoms. The van der Waals surface area contributed by atoms with Gasteiger partial charge in [-0.25, -0.2) is 4.98 Å². The Balaban J connectivity index is 2.07. The lowest BCUT2D eigenvalue weighted by Gasteiger charge is -2.03. The van der Waals surface area contributed by atoms with Crippen LogP contribution in [0, 0.1) is 6.92 Å². The molecule has 2 N–H and O–H groups in total. The van der Waals surface area contributed by atoms with Gasteiger partial charge in [0.1, 0.15) is 11.5 Å². The standard InChI is InChI=1S/C12H13N5/c1-7-4-5-14-9(6-7)11-15-10(8-2-3-8)16-12(13)17-11/h4-6,8H,2-3H2,1H3,(H2,13,15,16,17). The molecule has 0 aromatic carbocycles. The number of anilines is 1. The van der Waals surface area contributed by atoms with E-state index in [4.69, 9.17) is 5.73 Å². The van der Waals surface area contributed by atoms with E-state index in [9.17, 15) is 0 Å². The van der Waals surface area contributed by atoms with Crippen LogP contribution < -0.4 is 5.73 Å². The van der Waals surface area contributed by atoms with Crippen LogP contribution in [-0.2, 0) is 0 Å². The van der Waals surface area contributed by atoms with E-state index >= 15 is 0 Å². The van der Waals surface area contributed by atoms with Crippen molar-refractivity contribution in [2.24, 2.45) is 0 Å². The normalized spacial score (nSPS) is 14.9. The Morgan fingerprint density at radius 1 is 1.24 bits per heavy atom. The predicted octanol–water partition coefficient (Wildman–Crippen LogP) is 1.70. The summed E-state index contributed by atoms with van der Waals surface area (Å²) in [5, 5.41) is 0. The molecule has 1 aliphatic carbocycles. The molecule has 86 valence electrons. The van der Waals surface area contributed by atoms with E-state index in [1.807, 2.05) is 19.1 Å². The van der Waals surface area contributed by atoms with Crippen LogP contribution in [0.4, 0.5) is 5.95 Å². The molecule has 2 aromatic heterocycles. The molecule has 2 aromatic rings. The van der Waals surface area contributed by atoms with Crippen LogP contribution in [0.1, 0.15) is 30.1 Å². The molecule has 5 nitrogen and oxygen atoms in total. The summed E-state index contributed by atoms with van der Waals surface area (Å²) in [6.07, 6.45) is 4.04. The van der Waals surface area contributed by atoms with Gasteiger partial charge >= 0.3 is 0 Å². The summed E-state index contributed by atoms with van der Waals surface area (Å²) in [5.74, 6) is 2.11. The van der Waals surface area contributed by atoms with E-state index in [-0.39, 0.29) is 5.95 Å². The Morgan fingerprint density at radius 3 is 2.76 bits per heavy atom. The summed E-state index contributed by atoms with van der Waals surface area (Å²) in [7, 11) is 0. The van der Waals surface area contributed by atoms with Gasteiger partial charge in [-0.05, 0) is 37.5 Å². The molecule has 1 aliphatic rings. The van der Waals surface area contributed by atoms with Crippen molar-refractivity contribution in [2.75, 3.05) is 5.73 Å². The van der Waals surface area contributed by atoms with Crippen molar-refractivity contribution < 1.29 is 0 Å². The minimum Gasteiger partial charge on any atom is -0.368 e. The van der Waals surface area contributed by atoms with Gasteiger partial charge in [0.2, 0.25) is 5.95 Å². The van der Waals surface area contributed by atoms with Crippen LogP contribution in [-0.4, -0.2) is 19.9 Å². The number of rotatable bonds is 2. The smallest absolute Gasteiger partial charge is 0.223 e. The number of hydrogen-bond acceptors (Lipinski definition) is 5. The van der Waals surface area contributed by atoms with Gasteiger partial charge in [-0.3, -0.25) is 4.98 Å². The van der Waals surface area contributed by atoms with Gasteiger partial charge in [0.05, 0.1) is 0 Å². The fraction of sp³-hybridized carbons (Fsp3) is 0.333. The third-order valence-corrected chi connectivity index (χ3v) is 2.76. The van der Waals surface area contributed by atoms with Crippen LogP contribution in [0.2, 0.25) is 0 Å². The number of nitrogens with two attached hydrogens (primary N) is 1. The highest BCUT2D eigenvalue weighted by Gasteiger charge is 2.27. The average molecular weight is 227 g/mol. The number of hydrogen-bond donors (Lipinski definition) is 1. The Kier molecular flexibility index (Phi) is 2.24. The number of pyridine rings is 1. The zero-order valence-corrected chi connectivity index (χ0v) is 9.59. The second-order valence-electron chi connectivity index (χ2n) is 4.37. The Labute approximate surface area is 99.2 Å². The van der Waals surface area contributed by atoms with Crippen molar-refractivity contribution >= 4 is 5.95 Å². The van der Waals surface area contributed by atoms with Crippen LogP contribution >= 0.6 is 0 Å². The molecule has 0 radical (unpaired) electrons. The fourth-order valence-corrected chi connectivity index (χ4v) is 1.71. The van der Waals surface area contributed by atoms with Crippen molar-refractivity contribution in [3.05, 3.63) is 29.7 Å². The first kappa shape index (κ1) is 10.1.